The first-order chi connectivity index (χ1) is 6.79. The molecule has 0 saturated carbocycles. The van der Waals surface area contributed by atoms with Crippen LogP contribution in [-0.2, 0) is 6.54 Å². The van der Waals surface area contributed by atoms with Gasteiger partial charge in [0.2, 0.25) is 0 Å². The van der Waals surface area contributed by atoms with Gasteiger partial charge >= 0.3 is 0 Å². The maximum absolute atomic E-state index is 5.36. The van der Waals surface area contributed by atoms with Gasteiger partial charge in [-0.3, -0.25) is 4.98 Å². The summed E-state index contributed by atoms with van der Waals surface area (Å²) in [4.78, 5) is 8.22. The van der Waals surface area contributed by atoms with Crippen LogP contribution in [0.25, 0.3) is 11.5 Å². The van der Waals surface area contributed by atoms with Crippen molar-refractivity contribution < 1.29 is 4.52 Å². The van der Waals surface area contributed by atoms with Crippen LogP contribution in [0, 0.1) is 6.92 Å². The summed E-state index contributed by atoms with van der Waals surface area (Å²) < 4.78 is 5.00. The smallest absolute Gasteiger partial charge is 0.259 e. The van der Waals surface area contributed by atoms with Gasteiger partial charge in [0.15, 0.2) is 5.82 Å². The lowest BCUT2D eigenvalue weighted by Gasteiger charge is -1.93. The molecule has 2 aromatic heterocycles. The molecule has 5 nitrogen and oxygen atoms in total. The zero-order chi connectivity index (χ0) is 9.97. The van der Waals surface area contributed by atoms with Gasteiger partial charge in [0, 0.05) is 11.9 Å². The molecule has 0 aliphatic rings. The second-order valence-electron chi connectivity index (χ2n) is 2.91. The molecule has 0 spiro atoms. The van der Waals surface area contributed by atoms with E-state index in [1.54, 1.807) is 6.20 Å². The van der Waals surface area contributed by atoms with Crippen LogP contribution in [0.4, 0.5) is 0 Å². The lowest BCUT2D eigenvalue weighted by molar-refractivity contribution is 0.422. The highest BCUT2D eigenvalue weighted by molar-refractivity contribution is 5.50. The number of nitrogens with zero attached hydrogens (tertiary/aromatic N) is 3. The van der Waals surface area contributed by atoms with Gasteiger partial charge in [0.05, 0.1) is 12.1 Å². The molecule has 2 heterocycles. The molecule has 2 aromatic rings. The van der Waals surface area contributed by atoms with Crippen molar-refractivity contribution in [3.05, 3.63) is 29.8 Å². The van der Waals surface area contributed by atoms with E-state index in [1.165, 1.54) is 0 Å². The minimum absolute atomic E-state index is 0.281. The first-order valence-electron chi connectivity index (χ1n) is 4.25. The fraction of sp³-hybridized carbons (Fsp3) is 0.222. The third-order valence-electron chi connectivity index (χ3n) is 1.81. The Morgan fingerprint density at radius 2 is 2.29 bits per heavy atom. The Hall–Kier alpha value is -1.75. The Labute approximate surface area is 81.0 Å². The number of hydrogen-bond acceptors (Lipinski definition) is 5. The molecule has 2 rings (SSSR count). The number of nitrogens with two attached hydrogens (primary N) is 1. The summed E-state index contributed by atoms with van der Waals surface area (Å²) in [5.74, 6) is 0.957. The Morgan fingerprint density at radius 3 is 2.86 bits per heavy atom. The summed E-state index contributed by atoms with van der Waals surface area (Å²) in [6.45, 7) is 2.20. The second-order valence-corrected chi connectivity index (χ2v) is 2.91. The van der Waals surface area contributed by atoms with E-state index in [0.29, 0.717) is 11.7 Å². The normalized spacial score (nSPS) is 10.4. The summed E-state index contributed by atoms with van der Waals surface area (Å²) in [5, 5.41) is 3.69. The van der Waals surface area contributed by atoms with Gasteiger partial charge in [0.1, 0.15) is 0 Å². The molecule has 0 unspecified atom stereocenters. The molecule has 0 radical (unpaired) electrons. The molecule has 0 saturated heterocycles. The van der Waals surface area contributed by atoms with Gasteiger partial charge in [-0.15, -0.1) is 0 Å². The molecule has 0 aliphatic heterocycles. The van der Waals surface area contributed by atoms with E-state index in [1.807, 2.05) is 19.1 Å². The van der Waals surface area contributed by atoms with Crippen LogP contribution in [0.5, 0.6) is 0 Å². The largest absolute Gasteiger partial charge is 0.334 e. The quantitative estimate of drug-likeness (QED) is 0.761. The second kappa shape index (κ2) is 3.55. The van der Waals surface area contributed by atoms with Crippen molar-refractivity contribution >= 4 is 0 Å². The van der Waals surface area contributed by atoms with E-state index in [4.69, 9.17) is 10.3 Å². The number of pyridine rings is 1. The van der Waals surface area contributed by atoms with Crippen LogP contribution in [0.15, 0.2) is 22.9 Å². The van der Waals surface area contributed by atoms with E-state index < -0.39 is 0 Å². The van der Waals surface area contributed by atoms with Gasteiger partial charge < -0.3 is 10.3 Å². The molecule has 0 fully saturated rings. The molecular formula is C9H10N4O. The van der Waals surface area contributed by atoms with Crippen molar-refractivity contribution in [1.29, 1.82) is 0 Å². The fourth-order valence-electron chi connectivity index (χ4n) is 1.05. The summed E-state index contributed by atoms with van der Waals surface area (Å²) >= 11 is 0. The van der Waals surface area contributed by atoms with Crippen LogP contribution < -0.4 is 5.73 Å². The summed E-state index contributed by atoms with van der Waals surface area (Å²) in [6.07, 6.45) is 1.70. The third kappa shape index (κ3) is 1.62. The topological polar surface area (TPSA) is 77.8 Å². The van der Waals surface area contributed by atoms with Crippen molar-refractivity contribution in [2.24, 2.45) is 5.73 Å². The summed E-state index contributed by atoms with van der Waals surface area (Å²) in [5.41, 5.74) is 7.12. The highest BCUT2D eigenvalue weighted by Crippen LogP contribution is 2.15. The van der Waals surface area contributed by atoms with Gasteiger partial charge in [0.25, 0.3) is 5.89 Å². The Balaban J connectivity index is 2.34. The van der Waals surface area contributed by atoms with Crippen molar-refractivity contribution in [1.82, 2.24) is 15.1 Å². The Bertz CT molecular complexity index is 421. The van der Waals surface area contributed by atoms with Crippen LogP contribution in [-0.4, -0.2) is 15.1 Å². The van der Waals surface area contributed by atoms with Gasteiger partial charge in [-0.25, -0.2) is 0 Å². The van der Waals surface area contributed by atoms with Crippen molar-refractivity contribution in [2.75, 3.05) is 0 Å². The van der Waals surface area contributed by atoms with Crippen LogP contribution >= 0.6 is 0 Å². The average Bonchev–Trinajstić information content (AvgIpc) is 2.67. The number of aromatic nitrogens is 3. The minimum atomic E-state index is 0.281. The lowest BCUT2D eigenvalue weighted by Crippen LogP contribution is -1.97. The number of aryl methyl sites for hydroxylation is 1. The maximum Gasteiger partial charge on any atom is 0.259 e. The van der Waals surface area contributed by atoms with Crippen LogP contribution in [0.3, 0.4) is 0 Å². The zero-order valence-electron chi connectivity index (χ0n) is 7.77. The van der Waals surface area contributed by atoms with E-state index in [-0.39, 0.29) is 6.54 Å². The molecule has 0 atom stereocenters. The first-order valence-corrected chi connectivity index (χ1v) is 4.25. The Morgan fingerprint density at radius 1 is 1.43 bits per heavy atom. The highest BCUT2D eigenvalue weighted by Gasteiger charge is 2.06. The number of rotatable bonds is 2. The molecule has 0 bridgehead atoms. The SMILES string of the molecule is Cc1ccc(-c2nc(CN)no2)cn1. The monoisotopic (exact) mass is 190 g/mol. The maximum atomic E-state index is 5.36. The number of hydrogen-bond donors (Lipinski definition) is 1. The summed E-state index contributed by atoms with van der Waals surface area (Å²) in [7, 11) is 0. The predicted molar refractivity (Wildman–Crippen MR) is 50.2 cm³/mol. The molecule has 0 aromatic carbocycles. The summed E-state index contributed by atoms with van der Waals surface area (Å²) in [6, 6.07) is 3.78. The van der Waals surface area contributed by atoms with Crippen LogP contribution in [0.1, 0.15) is 11.5 Å². The van der Waals surface area contributed by atoms with Gasteiger partial charge in [-0.05, 0) is 19.1 Å². The van der Waals surface area contributed by atoms with E-state index in [0.717, 1.165) is 11.3 Å². The lowest BCUT2D eigenvalue weighted by atomic mass is 10.2. The van der Waals surface area contributed by atoms with Gasteiger partial charge in [-0.1, -0.05) is 5.16 Å². The van der Waals surface area contributed by atoms with Crippen molar-refractivity contribution in [3.8, 4) is 11.5 Å². The molecule has 0 amide bonds. The minimum Gasteiger partial charge on any atom is -0.334 e. The van der Waals surface area contributed by atoms with E-state index in [2.05, 4.69) is 15.1 Å². The van der Waals surface area contributed by atoms with Crippen molar-refractivity contribution in [2.45, 2.75) is 13.5 Å². The molecule has 2 N–H and O–H groups in total. The third-order valence-corrected chi connectivity index (χ3v) is 1.81. The standard InChI is InChI=1S/C9H10N4O/c1-6-2-3-7(5-11-6)9-12-8(4-10)13-14-9/h2-3,5H,4,10H2,1H3. The fourth-order valence-corrected chi connectivity index (χ4v) is 1.05. The van der Waals surface area contributed by atoms with E-state index in [9.17, 15) is 0 Å². The highest BCUT2D eigenvalue weighted by atomic mass is 16.5. The average molecular weight is 190 g/mol. The molecule has 5 heteroatoms. The first kappa shape index (κ1) is 8.83. The molecule has 14 heavy (non-hydrogen) atoms. The Kier molecular flexibility index (Phi) is 2.24. The van der Waals surface area contributed by atoms with Gasteiger partial charge in [-0.2, -0.15) is 4.98 Å². The molecule has 72 valence electrons. The van der Waals surface area contributed by atoms with Crippen LogP contribution in [0.2, 0.25) is 0 Å². The van der Waals surface area contributed by atoms with Crippen molar-refractivity contribution in [3.63, 3.8) is 0 Å². The molecule has 0 aliphatic carbocycles. The zero-order valence-corrected chi connectivity index (χ0v) is 7.77. The predicted octanol–water partition coefficient (Wildman–Crippen LogP) is 0.899. The van der Waals surface area contributed by atoms with E-state index >= 15 is 0 Å². The molecular weight excluding hydrogens is 180 g/mol.